The maximum absolute atomic E-state index is 12.0. The van der Waals surface area contributed by atoms with Crippen LogP contribution in [0.2, 0.25) is 0 Å². The Kier molecular flexibility index (Phi) is 3.88. The first-order chi connectivity index (χ1) is 9.58. The smallest absolute Gasteiger partial charge is 0.331 e. The van der Waals surface area contributed by atoms with Gasteiger partial charge in [-0.15, -0.1) is 0 Å². The van der Waals surface area contributed by atoms with Crippen molar-refractivity contribution in [2.24, 2.45) is 7.05 Å². The summed E-state index contributed by atoms with van der Waals surface area (Å²) < 4.78 is 12.8. The minimum atomic E-state index is -0.413. The number of aromatic nitrogens is 3. The highest BCUT2D eigenvalue weighted by molar-refractivity contribution is 5.42. The zero-order chi connectivity index (χ0) is 14.7. The molecule has 20 heavy (non-hydrogen) atoms. The molecule has 0 fully saturated rings. The molecule has 7 heteroatoms. The summed E-state index contributed by atoms with van der Waals surface area (Å²) in [6, 6.07) is 2.97. The standard InChI is InChI=1S/C13H15N3O4/c1-15-7-5-11(17)16(13(15)18)8-9-12(20-3)10(19-2)4-6-14-9/h4-7H,8H2,1-3H3. The quantitative estimate of drug-likeness (QED) is 0.786. The second kappa shape index (κ2) is 5.60. The third kappa shape index (κ3) is 2.42. The molecule has 2 aromatic rings. The van der Waals surface area contributed by atoms with Crippen LogP contribution in [0.4, 0.5) is 0 Å². The van der Waals surface area contributed by atoms with Crippen molar-refractivity contribution < 1.29 is 9.47 Å². The summed E-state index contributed by atoms with van der Waals surface area (Å²) in [6.45, 7) is 0.0206. The Bertz CT molecular complexity index is 733. The van der Waals surface area contributed by atoms with Crippen molar-refractivity contribution in [1.82, 2.24) is 14.1 Å². The number of hydrogen-bond acceptors (Lipinski definition) is 5. The van der Waals surface area contributed by atoms with E-state index in [9.17, 15) is 9.59 Å². The van der Waals surface area contributed by atoms with E-state index in [1.807, 2.05) is 0 Å². The molecule has 0 amide bonds. The van der Waals surface area contributed by atoms with Gasteiger partial charge in [-0.25, -0.2) is 4.79 Å². The lowest BCUT2D eigenvalue weighted by molar-refractivity contribution is 0.348. The topological polar surface area (TPSA) is 75.4 Å². The monoisotopic (exact) mass is 277 g/mol. The van der Waals surface area contributed by atoms with Crippen LogP contribution in [0.25, 0.3) is 0 Å². The van der Waals surface area contributed by atoms with E-state index < -0.39 is 5.69 Å². The Morgan fingerprint density at radius 3 is 2.60 bits per heavy atom. The van der Waals surface area contributed by atoms with Gasteiger partial charge in [0.2, 0.25) is 0 Å². The first-order valence-corrected chi connectivity index (χ1v) is 5.90. The molecule has 0 aliphatic carbocycles. The second-order valence-corrected chi connectivity index (χ2v) is 4.13. The first-order valence-electron chi connectivity index (χ1n) is 5.90. The van der Waals surface area contributed by atoms with Gasteiger partial charge in [-0.2, -0.15) is 0 Å². The van der Waals surface area contributed by atoms with Gasteiger partial charge in [0.05, 0.1) is 20.8 Å². The molecule has 0 unspecified atom stereocenters. The van der Waals surface area contributed by atoms with Crippen molar-refractivity contribution >= 4 is 0 Å². The summed E-state index contributed by atoms with van der Waals surface area (Å²) in [5.74, 6) is 0.908. The van der Waals surface area contributed by atoms with Crippen molar-refractivity contribution in [2.75, 3.05) is 14.2 Å². The van der Waals surface area contributed by atoms with E-state index in [-0.39, 0.29) is 12.1 Å². The van der Waals surface area contributed by atoms with Gasteiger partial charge in [0.25, 0.3) is 5.56 Å². The summed E-state index contributed by atoms with van der Waals surface area (Å²) in [4.78, 5) is 27.9. The molecule has 0 saturated carbocycles. The van der Waals surface area contributed by atoms with Crippen LogP contribution in [-0.2, 0) is 13.6 Å². The van der Waals surface area contributed by atoms with Gasteiger partial charge in [0, 0.05) is 31.6 Å². The van der Waals surface area contributed by atoms with E-state index in [2.05, 4.69) is 4.98 Å². The van der Waals surface area contributed by atoms with Crippen molar-refractivity contribution in [3.8, 4) is 11.5 Å². The van der Waals surface area contributed by atoms with Crippen LogP contribution in [-0.4, -0.2) is 28.3 Å². The van der Waals surface area contributed by atoms with Crippen LogP contribution >= 0.6 is 0 Å². The van der Waals surface area contributed by atoms with E-state index in [1.165, 1.54) is 37.2 Å². The number of nitrogens with zero attached hydrogens (tertiary/aromatic N) is 3. The van der Waals surface area contributed by atoms with Gasteiger partial charge in [-0.05, 0) is 0 Å². The van der Waals surface area contributed by atoms with Gasteiger partial charge in [0.15, 0.2) is 11.5 Å². The van der Waals surface area contributed by atoms with Gasteiger partial charge in [-0.1, -0.05) is 0 Å². The fraction of sp³-hybridized carbons (Fsp3) is 0.308. The van der Waals surface area contributed by atoms with Crippen LogP contribution in [0.15, 0.2) is 34.1 Å². The van der Waals surface area contributed by atoms with Crippen LogP contribution in [0.1, 0.15) is 5.69 Å². The summed E-state index contributed by atoms with van der Waals surface area (Å²) in [7, 11) is 4.57. The summed E-state index contributed by atoms with van der Waals surface area (Å²) in [6.07, 6.45) is 2.96. The lowest BCUT2D eigenvalue weighted by atomic mass is 10.3. The highest BCUT2D eigenvalue weighted by Gasteiger charge is 2.13. The van der Waals surface area contributed by atoms with Crippen molar-refractivity contribution in [1.29, 1.82) is 0 Å². The normalized spacial score (nSPS) is 10.3. The molecule has 0 aliphatic rings. The molecular weight excluding hydrogens is 262 g/mol. The Morgan fingerprint density at radius 2 is 1.95 bits per heavy atom. The molecule has 0 saturated heterocycles. The molecule has 0 N–H and O–H groups in total. The summed E-state index contributed by atoms with van der Waals surface area (Å²) in [5.41, 5.74) is -0.346. The van der Waals surface area contributed by atoms with E-state index >= 15 is 0 Å². The number of methoxy groups -OCH3 is 2. The molecule has 2 rings (SSSR count). The molecule has 0 aliphatic heterocycles. The lowest BCUT2D eigenvalue weighted by Crippen LogP contribution is -2.38. The number of rotatable bonds is 4. The fourth-order valence-electron chi connectivity index (χ4n) is 1.87. The third-order valence-corrected chi connectivity index (χ3v) is 2.91. The van der Waals surface area contributed by atoms with E-state index in [0.717, 1.165) is 4.57 Å². The van der Waals surface area contributed by atoms with Gasteiger partial charge in [-0.3, -0.25) is 14.3 Å². The highest BCUT2D eigenvalue weighted by atomic mass is 16.5. The number of ether oxygens (including phenoxy) is 2. The van der Waals surface area contributed by atoms with E-state index in [1.54, 1.807) is 13.1 Å². The van der Waals surface area contributed by atoms with E-state index in [0.29, 0.717) is 17.2 Å². The molecular formula is C13H15N3O4. The first kappa shape index (κ1) is 13.9. The lowest BCUT2D eigenvalue weighted by Gasteiger charge is -2.12. The van der Waals surface area contributed by atoms with Crippen LogP contribution < -0.4 is 20.7 Å². The molecule has 0 bridgehead atoms. The molecule has 0 aromatic carbocycles. The molecule has 0 atom stereocenters. The third-order valence-electron chi connectivity index (χ3n) is 2.91. The van der Waals surface area contributed by atoms with Crippen molar-refractivity contribution in [2.45, 2.75) is 6.54 Å². The Hall–Kier alpha value is -2.57. The van der Waals surface area contributed by atoms with Crippen LogP contribution in [0, 0.1) is 0 Å². The minimum Gasteiger partial charge on any atom is -0.493 e. The molecule has 2 heterocycles. The summed E-state index contributed by atoms with van der Waals surface area (Å²) in [5, 5.41) is 0. The second-order valence-electron chi connectivity index (χ2n) is 4.13. The zero-order valence-electron chi connectivity index (χ0n) is 11.5. The largest absolute Gasteiger partial charge is 0.493 e. The average Bonchev–Trinajstić information content (AvgIpc) is 2.47. The minimum absolute atomic E-state index is 0.0206. The molecule has 7 nitrogen and oxygen atoms in total. The fourth-order valence-corrected chi connectivity index (χ4v) is 1.87. The Labute approximate surface area is 115 Å². The zero-order valence-corrected chi connectivity index (χ0v) is 11.5. The predicted molar refractivity (Wildman–Crippen MR) is 72.4 cm³/mol. The van der Waals surface area contributed by atoms with E-state index in [4.69, 9.17) is 9.47 Å². The van der Waals surface area contributed by atoms with Gasteiger partial charge < -0.3 is 14.0 Å². The number of pyridine rings is 1. The molecule has 0 spiro atoms. The Morgan fingerprint density at radius 1 is 1.20 bits per heavy atom. The van der Waals surface area contributed by atoms with Crippen LogP contribution in [0.3, 0.4) is 0 Å². The van der Waals surface area contributed by atoms with Crippen molar-refractivity contribution in [3.63, 3.8) is 0 Å². The van der Waals surface area contributed by atoms with Gasteiger partial charge >= 0.3 is 5.69 Å². The summed E-state index contributed by atoms with van der Waals surface area (Å²) >= 11 is 0. The Balaban J connectivity index is 2.54. The highest BCUT2D eigenvalue weighted by Crippen LogP contribution is 2.28. The van der Waals surface area contributed by atoms with Crippen molar-refractivity contribution in [3.05, 3.63) is 51.1 Å². The maximum Gasteiger partial charge on any atom is 0.331 e. The average molecular weight is 277 g/mol. The van der Waals surface area contributed by atoms with Crippen LogP contribution in [0.5, 0.6) is 11.5 Å². The molecule has 2 aromatic heterocycles. The maximum atomic E-state index is 12.0. The molecule has 0 radical (unpaired) electrons. The molecule has 106 valence electrons. The number of aryl methyl sites for hydroxylation is 1. The van der Waals surface area contributed by atoms with Gasteiger partial charge in [0.1, 0.15) is 5.69 Å². The predicted octanol–water partition coefficient (Wildman–Crippen LogP) is 0.00750. The SMILES string of the molecule is COc1ccnc(Cn2c(=O)ccn(C)c2=O)c1OC. The number of hydrogen-bond donors (Lipinski definition) is 0.